The Kier molecular flexibility index (Phi) is 4.10. The summed E-state index contributed by atoms with van der Waals surface area (Å²) in [6.07, 6.45) is 0. The monoisotopic (exact) mass is 200 g/mol. The van der Waals surface area contributed by atoms with E-state index in [1.165, 1.54) is 4.90 Å². The molecule has 82 valence electrons. The molecule has 0 aromatic carbocycles. The third-order valence-corrected chi connectivity index (χ3v) is 1.84. The van der Waals surface area contributed by atoms with Gasteiger partial charge in [-0.3, -0.25) is 9.59 Å². The molecule has 0 aromatic heterocycles. The van der Waals surface area contributed by atoms with E-state index in [0.29, 0.717) is 0 Å². The maximum Gasteiger partial charge on any atom is 0.244 e. The van der Waals surface area contributed by atoms with E-state index in [1.807, 2.05) is 20.8 Å². The number of carbonyl (C=O) groups excluding carboxylic acids is 2. The fraction of sp³-hybridized carbons (Fsp3) is 0.800. The fourth-order valence-corrected chi connectivity index (χ4v) is 0.862. The average molecular weight is 200 g/mol. The summed E-state index contributed by atoms with van der Waals surface area (Å²) in [7, 11) is 3.34. The van der Waals surface area contributed by atoms with Crippen LogP contribution in [-0.4, -0.2) is 36.9 Å². The molecule has 0 heterocycles. The van der Waals surface area contributed by atoms with E-state index in [-0.39, 0.29) is 11.8 Å². The summed E-state index contributed by atoms with van der Waals surface area (Å²) in [6.45, 7) is 7.13. The summed E-state index contributed by atoms with van der Waals surface area (Å²) in [6, 6.07) is -0.461. The fourth-order valence-electron chi connectivity index (χ4n) is 0.862. The molecule has 0 fully saturated rings. The van der Waals surface area contributed by atoms with Gasteiger partial charge in [0.05, 0.1) is 0 Å². The first-order valence-corrected chi connectivity index (χ1v) is 4.68. The predicted molar refractivity (Wildman–Crippen MR) is 55.8 cm³/mol. The molecule has 4 heteroatoms. The van der Waals surface area contributed by atoms with E-state index in [2.05, 4.69) is 5.32 Å². The van der Waals surface area contributed by atoms with Gasteiger partial charge < -0.3 is 10.2 Å². The standard InChI is InChI=1S/C10H20N2O2/c1-7(8(13)12(5)6)11-9(14)10(2,3)4/h7H,1-6H3,(H,11,14)/t7-/m1/s1. The van der Waals surface area contributed by atoms with Crippen molar-refractivity contribution >= 4 is 11.8 Å². The first kappa shape index (κ1) is 12.9. The highest BCUT2D eigenvalue weighted by molar-refractivity contribution is 5.89. The Morgan fingerprint density at radius 1 is 1.21 bits per heavy atom. The molecule has 0 unspecified atom stereocenters. The number of nitrogens with zero attached hydrogens (tertiary/aromatic N) is 1. The zero-order valence-electron chi connectivity index (χ0n) is 9.84. The van der Waals surface area contributed by atoms with Gasteiger partial charge in [-0.25, -0.2) is 0 Å². The van der Waals surface area contributed by atoms with Gasteiger partial charge in [-0.05, 0) is 6.92 Å². The van der Waals surface area contributed by atoms with Crippen molar-refractivity contribution in [2.45, 2.75) is 33.7 Å². The Hall–Kier alpha value is -1.06. The number of hydrogen-bond acceptors (Lipinski definition) is 2. The van der Waals surface area contributed by atoms with Crippen LogP contribution in [0.15, 0.2) is 0 Å². The van der Waals surface area contributed by atoms with Crippen LogP contribution in [0.2, 0.25) is 0 Å². The molecule has 1 atom stereocenters. The summed E-state index contributed by atoms with van der Waals surface area (Å²) in [4.78, 5) is 24.4. The van der Waals surface area contributed by atoms with Crippen molar-refractivity contribution in [3.05, 3.63) is 0 Å². The smallest absolute Gasteiger partial charge is 0.244 e. The second kappa shape index (κ2) is 4.44. The molecule has 1 N–H and O–H groups in total. The zero-order chi connectivity index (χ0) is 11.5. The minimum Gasteiger partial charge on any atom is -0.347 e. The Morgan fingerprint density at radius 3 is 1.93 bits per heavy atom. The molecule has 0 spiro atoms. The van der Waals surface area contributed by atoms with E-state index in [9.17, 15) is 9.59 Å². The topological polar surface area (TPSA) is 49.4 Å². The lowest BCUT2D eigenvalue weighted by atomic mass is 9.95. The van der Waals surface area contributed by atoms with Crippen molar-refractivity contribution in [3.63, 3.8) is 0 Å². The van der Waals surface area contributed by atoms with Gasteiger partial charge in [0, 0.05) is 19.5 Å². The van der Waals surface area contributed by atoms with Gasteiger partial charge in [0.1, 0.15) is 6.04 Å². The van der Waals surface area contributed by atoms with Crippen LogP contribution in [0, 0.1) is 5.41 Å². The van der Waals surface area contributed by atoms with Crippen LogP contribution in [0.4, 0.5) is 0 Å². The molecule has 0 radical (unpaired) electrons. The van der Waals surface area contributed by atoms with Gasteiger partial charge in [-0.1, -0.05) is 20.8 Å². The number of amides is 2. The third-order valence-electron chi connectivity index (χ3n) is 1.84. The van der Waals surface area contributed by atoms with Crippen LogP contribution in [0.5, 0.6) is 0 Å². The molecule has 0 rings (SSSR count). The largest absolute Gasteiger partial charge is 0.347 e. The number of rotatable bonds is 2. The predicted octanol–water partition coefficient (Wildman–Crippen LogP) is 0.625. The highest BCUT2D eigenvalue weighted by Gasteiger charge is 2.25. The molecule has 0 saturated heterocycles. The molecule has 0 bridgehead atoms. The van der Waals surface area contributed by atoms with Gasteiger partial charge in [0.25, 0.3) is 0 Å². The quantitative estimate of drug-likeness (QED) is 0.710. The molecular formula is C10H20N2O2. The van der Waals surface area contributed by atoms with Crippen LogP contribution < -0.4 is 5.32 Å². The lowest BCUT2D eigenvalue weighted by Gasteiger charge is -2.23. The van der Waals surface area contributed by atoms with Gasteiger partial charge in [-0.2, -0.15) is 0 Å². The lowest BCUT2D eigenvalue weighted by Crippen LogP contribution is -2.47. The third kappa shape index (κ3) is 3.77. The van der Waals surface area contributed by atoms with Crippen LogP contribution in [-0.2, 0) is 9.59 Å². The van der Waals surface area contributed by atoms with E-state index in [1.54, 1.807) is 21.0 Å². The van der Waals surface area contributed by atoms with Crippen LogP contribution in [0.3, 0.4) is 0 Å². The second-order valence-corrected chi connectivity index (χ2v) is 4.68. The molecule has 0 saturated carbocycles. The minimum absolute atomic E-state index is 0.0948. The van der Waals surface area contributed by atoms with E-state index in [4.69, 9.17) is 0 Å². The van der Waals surface area contributed by atoms with E-state index >= 15 is 0 Å². The Bertz CT molecular complexity index is 229. The SMILES string of the molecule is C[C@@H](NC(=O)C(C)(C)C)C(=O)N(C)C. The zero-order valence-corrected chi connectivity index (χ0v) is 9.84. The van der Waals surface area contributed by atoms with Crippen LogP contribution in [0.1, 0.15) is 27.7 Å². The molecule has 0 aromatic rings. The average Bonchev–Trinajstić information content (AvgIpc) is 2.00. The lowest BCUT2D eigenvalue weighted by molar-refractivity contribution is -0.136. The van der Waals surface area contributed by atoms with Crippen LogP contribution >= 0.6 is 0 Å². The summed E-state index contributed by atoms with van der Waals surface area (Å²) in [5.74, 6) is -0.206. The summed E-state index contributed by atoms with van der Waals surface area (Å²) in [5.41, 5.74) is -0.457. The first-order chi connectivity index (χ1) is 6.16. The molecule has 2 amide bonds. The second-order valence-electron chi connectivity index (χ2n) is 4.68. The summed E-state index contributed by atoms with van der Waals surface area (Å²) in [5, 5.41) is 2.67. The minimum atomic E-state index is -0.461. The normalized spacial score (nSPS) is 13.3. The van der Waals surface area contributed by atoms with Crippen molar-refractivity contribution in [2.24, 2.45) is 5.41 Å². The van der Waals surface area contributed by atoms with Crippen molar-refractivity contribution in [1.82, 2.24) is 10.2 Å². The maximum atomic E-state index is 11.5. The highest BCUT2D eigenvalue weighted by atomic mass is 16.2. The maximum absolute atomic E-state index is 11.5. The summed E-state index contributed by atoms with van der Waals surface area (Å²) >= 11 is 0. The van der Waals surface area contributed by atoms with Gasteiger partial charge >= 0.3 is 0 Å². The number of likely N-dealkylation sites (N-methyl/N-ethyl adjacent to an activating group) is 1. The van der Waals surface area contributed by atoms with E-state index < -0.39 is 11.5 Å². The number of carbonyl (C=O) groups is 2. The molecular weight excluding hydrogens is 180 g/mol. The molecule has 0 aliphatic rings. The highest BCUT2D eigenvalue weighted by Crippen LogP contribution is 2.12. The molecule has 0 aliphatic carbocycles. The van der Waals surface area contributed by atoms with Gasteiger partial charge in [-0.15, -0.1) is 0 Å². The number of hydrogen-bond donors (Lipinski definition) is 1. The Balaban J connectivity index is 4.27. The Morgan fingerprint density at radius 2 is 1.64 bits per heavy atom. The van der Waals surface area contributed by atoms with Crippen molar-refractivity contribution in [1.29, 1.82) is 0 Å². The van der Waals surface area contributed by atoms with Crippen molar-refractivity contribution in [3.8, 4) is 0 Å². The van der Waals surface area contributed by atoms with E-state index in [0.717, 1.165) is 0 Å². The molecule has 0 aliphatic heterocycles. The summed E-state index contributed by atoms with van der Waals surface area (Å²) < 4.78 is 0. The van der Waals surface area contributed by atoms with Crippen LogP contribution in [0.25, 0.3) is 0 Å². The molecule has 4 nitrogen and oxygen atoms in total. The van der Waals surface area contributed by atoms with Gasteiger partial charge in [0.15, 0.2) is 0 Å². The number of nitrogens with one attached hydrogen (secondary N) is 1. The Labute approximate surface area is 85.7 Å². The van der Waals surface area contributed by atoms with Crippen molar-refractivity contribution in [2.75, 3.05) is 14.1 Å². The van der Waals surface area contributed by atoms with Gasteiger partial charge in [0.2, 0.25) is 11.8 Å². The molecule has 14 heavy (non-hydrogen) atoms. The van der Waals surface area contributed by atoms with Crippen molar-refractivity contribution < 1.29 is 9.59 Å². The first-order valence-electron chi connectivity index (χ1n) is 4.68.